The molecule has 276 valence electrons. The molecule has 8 nitrogen and oxygen atoms in total. The molecule has 0 bridgehead atoms. The summed E-state index contributed by atoms with van der Waals surface area (Å²) in [5.41, 5.74) is 3.12. The van der Waals surface area contributed by atoms with E-state index >= 15 is 4.39 Å². The first-order chi connectivity index (χ1) is 24.5. The highest BCUT2D eigenvalue weighted by molar-refractivity contribution is 5.87. The highest BCUT2D eigenvalue weighted by atomic mass is 19.1. The maximum absolute atomic E-state index is 15.5. The fourth-order valence-corrected chi connectivity index (χ4v) is 6.26. The maximum atomic E-state index is 15.5. The number of aliphatic hydroxyl groups excluding tert-OH is 2. The first-order valence-electron chi connectivity index (χ1n) is 18.1. The van der Waals surface area contributed by atoms with Crippen molar-refractivity contribution < 1.29 is 43.1 Å². The zero-order valence-corrected chi connectivity index (χ0v) is 30.3. The van der Waals surface area contributed by atoms with Crippen molar-refractivity contribution in [2.45, 2.75) is 78.1 Å². The Morgan fingerprint density at radius 1 is 0.784 bits per heavy atom. The van der Waals surface area contributed by atoms with Crippen LogP contribution in [0.5, 0.6) is 11.5 Å². The standard InChI is InChI=1S/C42H53FO8/c1-5-6-7-8-30-9-11-33(12-10-30)38-18-17-34(25-39(38)43)31-13-15-32(16-14-31)35-23-36(48-19-21-50-40(46)29(2)27-44)26-37(24-35)49-20-22-51-41(47)42(3,4)28-45/h13-18,23-26,30,33,44-45H,2,5-12,19-22,27-28H2,1,3-4H3. The number of unbranched alkanes of at least 4 members (excludes halogenated alkanes) is 2. The number of benzene rings is 3. The molecule has 9 heteroatoms. The molecule has 3 aromatic carbocycles. The van der Waals surface area contributed by atoms with E-state index in [-0.39, 0.29) is 50.3 Å². The number of esters is 2. The predicted octanol–water partition coefficient (Wildman–Crippen LogP) is 8.42. The van der Waals surface area contributed by atoms with Gasteiger partial charge in [0.1, 0.15) is 43.7 Å². The number of hydrogen-bond donors (Lipinski definition) is 2. The zero-order valence-electron chi connectivity index (χ0n) is 30.3. The third kappa shape index (κ3) is 11.7. The van der Waals surface area contributed by atoms with Gasteiger partial charge in [-0.2, -0.15) is 0 Å². The summed E-state index contributed by atoms with van der Waals surface area (Å²) in [6, 6.07) is 18.8. The summed E-state index contributed by atoms with van der Waals surface area (Å²) in [6.45, 7) is 8.09. The molecule has 1 fully saturated rings. The zero-order chi connectivity index (χ0) is 36.8. The van der Waals surface area contributed by atoms with Crippen LogP contribution in [0.2, 0.25) is 0 Å². The van der Waals surface area contributed by atoms with E-state index < -0.39 is 24.0 Å². The number of carbonyl (C=O) groups excluding carboxylic acids is 2. The van der Waals surface area contributed by atoms with Gasteiger partial charge in [-0.1, -0.05) is 75.6 Å². The topological polar surface area (TPSA) is 112 Å². The molecule has 0 saturated heterocycles. The van der Waals surface area contributed by atoms with E-state index in [4.69, 9.17) is 24.1 Å². The lowest BCUT2D eigenvalue weighted by atomic mass is 9.76. The van der Waals surface area contributed by atoms with E-state index in [0.29, 0.717) is 11.5 Å². The fourth-order valence-electron chi connectivity index (χ4n) is 6.26. The van der Waals surface area contributed by atoms with Crippen molar-refractivity contribution in [2.75, 3.05) is 39.6 Å². The molecule has 4 rings (SSSR count). The Hall–Kier alpha value is -4.21. The average molecular weight is 705 g/mol. The van der Waals surface area contributed by atoms with Crippen molar-refractivity contribution in [3.8, 4) is 33.8 Å². The predicted molar refractivity (Wildman–Crippen MR) is 196 cm³/mol. The second-order valence-corrected chi connectivity index (χ2v) is 14.0. The minimum Gasteiger partial charge on any atom is -0.490 e. The van der Waals surface area contributed by atoms with E-state index in [0.717, 1.165) is 46.6 Å². The van der Waals surface area contributed by atoms with Gasteiger partial charge in [0.2, 0.25) is 0 Å². The first kappa shape index (κ1) is 39.6. The molecule has 0 spiro atoms. The van der Waals surface area contributed by atoms with Crippen LogP contribution in [0.1, 0.15) is 83.6 Å². The molecule has 0 heterocycles. The molecule has 0 radical (unpaired) electrons. The molecule has 3 aromatic rings. The first-order valence-corrected chi connectivity index (χ1v) is 18.1. The van der Waals surface area contributed by atoms with Crippen LogP contribution in [0.25, 0.3) is 22.3 Å². The Bertz CT molecular complexity index is 1590. The van der Waals surface area contributed by atoms with Gasteiger partial charge >= 0.3 is 11.9 Å². The average Bonchev–Trinajstić information content (AvgIpc) is 3.15. The Kier molecular flexibility index (Phi) is 15.1. The van der Waals surface area contributed by atoms with Crippen LogP contribution in [-0.4, -0.2) is 61.8 Å². The van der Waals surface area contributed by atoms with Gasteiger partial charge in [-0.3, -0.25) is 4.79 Å². The van der Waals surface area contributed by atoms with E-state index in [2.05, 4.69) is 13.5 Å². The van der Waals surface area contributed by atoms with Crippen LogP contribution in [0.3, 0.4) is 0 Å². The second kappa shape index (κ2) is 19.4. The summed E-state index contributed by atoms with van der Waals surface area (Å²) in [6.07, 6.45) is 9.60. The number of rotatable bonds is 19. The second-order valence-electron chi connectivity index (χ2n) is 14.0. The lowest BCUT2D eigenvalue weighted by Gasteiger charge is -2.29. The van der Waals surface area contributed by atoms with Crippen LogP contribution in [-0.2, 0) is 19.1 Å². The molecule has 1 aliphatic carbocycles. The molecular weight excluding hydrogens is 651 g/mol. The van der Waals surface area contributed by atoms with Gasteiger partial charge in [0.05, 0.1) is 24.2 Å². The molecule has 1 saturated carbocycles. The van der Waals surface area contributed by atoms with Crippen molar-refractivity contribution in [3.63, 3.8) is 0 Å². The minimum atomic E-state index is -1.01. The van der Waals surface area contributed by atoms with E-state index in [1.54, 1.807) is 26.0 Å². The number of ether oxygens (including phenoxy) is 4. The minimum absolute atomic E-state index is 0.0161. The summed E-state index contributed by atoms with van der Waals surface area (Å²) < 4.78 is 37.6. The highest BCUT2D eigenvalue weighted by Gasteiger charge is 2.28. The van der Waals surface area contributed by atoms with Gasteiger partial charge in [0.15, 0.2) is 0 Å². The molecule has 0 aromatic heterocycles. The van der Waals surface area contributed by atoms with Gasteiger partial charge in [0.25, 0.3) is 0 Å². The van der Waals surface area contributed by atoms with Gasteiger partial charge in [-0.05, 0) is 97.4 Å². The summed E-state index contributed by atoms with van der Waals surface area (Å²) in [5, 5.41) is 18.5. The quantitative estimate of drug-likeness (QED) is 0.0727. The SMILES string of the molecule is C=C(CO)C(=O)OCCOc1cc(OCCOC(=O)C(C)(C)CO)cc(-c2ccc(-c3ccc(C4CCC(CCCCC)CC4)c(F)c3)cc2)c1. The normalized spacial score (nSPS) is 16.0. The molecular formula is C42H53FO8. The van der Waals surface area contributed by atoms with Crippen molar-refractivity contribution in [1.29, 1.82) is 0 Å². The van der Waals surface area contributed by atoms with Gasteiger partial charge < -0.3 is 29.2 Å². The molecule has 0 unspecified atom stereocenters. The van der Waals surface area contributed by atoms with Crippen molar-refractivity contribution in [3.05, 3.63) is 84.2 Å². The third-order valence-corrected chi connectivity index (χ3v) is 9.53. The Morgan fingerprint density at radius 3 is 1.94 bits per heavy atom. The Labute approximate surface area is 301 Å². The fraction of sp³-hybridized carbons (Fsp3) is 0.476. The van der Waals surface area contributed by atoms with E-state index in [1.165, 1.54) is 38.5 Å². The third-order valence-electron chi connectivity index (χ3n) is 9.53. The smallest absolute Gasteiger partial charge is 0.335 e. The van der Waals surface area contributed by atoms with E-state index in [1.807, 2.05) is 48.5 Å². The molecule has 0 atom stereocenters. The van der Waals surface area contributed by atoms with Crippen molar-refractivity contribution >= 4 is 11.9 Å². The van der Waals surface area contributed by atoms with Crippen molar-refractivity contribution in [2.24, 2.45) is 11.3 Å². The Balaban J connectivity index is 1.43. The van der Waals surface area contributed by atoms with Crippen molar-refractivity contribution in [1.82, 2.24) is 0 Å². The number of aliphatic hydroxyl groups is 2. The molecule has 1 aliphatic rings. The highest BCUT2D eigenvalue weighted by Crippen LogP contribution is 2.40. The monoisotopic (exact) mass is 704 g/mol. The lowest BCUT2D eigenvalue weighted by Crippen LogP contribution is -2.31. The summed E-state index contributed by atoms with van der Waals surface area (Å²) >= 11 is 0. The van der Waals surface area contributed by atoms with E-state index in [9.17, 15) is 14.7 Å². The van der Waals surface area contributed by atoms with Gasteiger partial charge in [-0.15, -0.1) is 0 Å². The summed E-state index contributed by atoms with van der Waals surface area (Å²) in [4.78, 5) is 24.0. The van der Waals surface area contributed by atoms with Crippen LogP contribution >= 0.6 is 0 Å². The summed E-state index contributed by atoms with van der Waals surface area (Å²) in [7, 11) is 0. The lowest BCUT2D eigenvalue weighted by molar-refractivity contribution is -0.156. The van der Waals surface area contributed by atoms with Crippen LogP contribution < -0.4 is 9.47 Å². The molecule has 0 aliphatic heterocycles. The van der Waals surface area contributed by atoms with Gasteiger partial charge in [-0.25, -0.2) is 9.18 Å². The van der Waals surface area contributed by atoms with Crippen LogP contribution in [0, 0.1) is 17.2 Å². The summed E-state index contributed by atoms with van der Waals surface area (Å²) in [5.74, 6) is 0.599. The molecule has 0 amide bonds. The Morgan fingerprint density at radius 2 is 1.37 bits per heavy atom. The molecule has 2 N–H and O–H groups in total. The molecule has 51 heavy (non-hydrogen) atoms. The number of carbonyl (C=O) groups is 2. The number of halogens is 1. The van der Waals surface area contributed by atoms with Crippen LogP contribution in [0.4, 0.5) is 4.39 Å². The van der Waals surface area contributed by atoms with Gasteiger partial charge in [0, 0.05) is 6.07 Å². The largest absolute Gasteiger partial charge is 0.490 e. The maximum Gasteiger partial charge on any atom is 0.335 e. The van der Waals surface area contributed by atoms with Crippen LogP contribution in [0.15, 0.2) is 72.8 Å². The number of hydrogen-bond acceptors (Lipinski definition) is 8.